The van der Waals surface area contributed by atoms with E-state index in [1.54, 1.807) is 19.2 Å². The lowest BCUT2D eigenvalue weighted by Crippen LogP contribution is -2.37. The second kappa shape index (κ2) is 6.98. The maximum atomic E-state index is 11.5. The van der Waals surface area contributed by atoms with Gasteiger partial charge in [0.2, 0.25) is 5.91 Å². The summed E-state index contributed by atoms with van der Waals surface area (Å²) >= 11 is 5.74. The molecule has 0 saturated carbocycles. The summed E-state index contributed by atoms with van der Waals surface area (Å²) in [5, 5.41) is 11.9. The maximum absolute atomic E-state index is 11.5. The van der Waals surface area contributed by atoms with Crippen molar-refractivity contribution in [3.63, 3.8) is 0 Å². The number of carbonyl (C=O) groups excluding carboxylic acids is 1. The average Bonchev–Trinajstić information content (AvgIpc) is 2.27. The van der Waals surface area contributed by atoms with Gasteiger partial charge in [-0.2, -0.15) is 0 Å². The van der Waals surface area contributed by atoms with Gasteiger partial charge in [-0.3, -0.25) is 14.5 Å². The number of benzene rings is 1. The number of carbonyl (C=O) groups is 2. The van der Waals surface area contributed by atoms with Crippen LogP contribution in [-0.4, -0.2) is 42.0 Å². The van der Waals surface area contributed by atoms with Gasteiger partial charge in [0.1, 0.15) is 0 Å². The zero-order valence-corrected chi connectivity index (χ0v) is 10.8. The molecule has 0 atom stereocenters. The van der Waals surface area contributed by atoms with Crippen molar-refractivity contribution in [2.75, 3.05) is 20.1 Å². The largest absolute Gasteiger partial charge is 0.480 e. The Balaban J connectivity index is 2.32. The summed E-state index contributed by atoms with van der Waals surface area (Å²) in [6.07, 6.45) is 0. The van der Waals surface area contributed by atoms with Crippen LogP contribution in [0.15, 0.2) is 24.3 Å². The molecule has 0 aliphatic rings. The van der Waals surface area contributed by atoms with Crippen molar-refractivity contribution in [1.82, 2.24) is 10.2 Å². The first-order chi connectivity index (χ1) is 8.47. The number of hydrogen-bond acceptors (Lipinski definition) is 3. The van der Waals surface area contributed by atoms with Crippen LogP contribution in [0, 0.1) is 0 Å². The molecule has 6 heteroatoms. The first kappa shape index (κ1) is 14.5. The van der Waals surface area contributed by atoms with E-state index in [1.807, 2.05) is 12.1 Å². The number of rotatable bonds is 6. The molecule has 0 heterocycles. The predicted molar refractivity (Wildman–Crippen MR) is 68.4 cm³/mol. The summed E-state index contributed by atoms with van der Waals surface area (Å²) in [5.74, 6) is -1.17. The van der Waals surface area contributed by atoms with Gasteiger partial charge >= 0.3 is 5.97 Å². The molecular formula is C12H15ClN2O3. The molecule has 2 N–H and O–H groups in total. The Labute approximate surface area is 110 Å². The maximum Gasteiger partial charge on any atom is 0.317 e. The van der Waals surface area contributed by atoms with Crippen LogP contribution in [-0.2, 0) is 16.1 Å². The zero-order valence-electron chi connectivity index (χ0n) is 10.0. The lowest BCUT2D eigenvalue weighted by molar-refractivity contribution is -0.138. The fraction of sp³-hybridized carbons (Fsp3) is 0.333. The van der Waals surface area contributed by atoms with Gasteiger partial charge in [0.05, 0.1) is 13.1 Å². The normalized spacial score (nSPS) is 10.4. The second-order valence-electron chi connectivity index (χ2n) is 3.97. The molecule has 0 bridgehead atoms. The van der Waals surface area contributed by atoms with Gasteiger partial charge in [0, 0.05) is 11.6 Å². The van der Waals surface area contributed by atoms with Gasteiger partial charge in [-0.05, 0) is 24.7 Å². The van der Waals surface area contributed by atoms with E-state index < -0.39 is 5.97 Å². The lowest BCUT2D eigenvalue weighted by Gasteiger charge is -2.13. The van der Waals surface area contributed by atoms with E-state index >= 15 is 0 Å². The third-order valence-electron chi connectivity index (χ3n) is 2.22. The van der Waals surface area contributed by atoms with Gasteiger partial charge in [-0.1, -0.05) is 23.7 Å². The van der Waals surface area contributed by atoms with Gasteiger partial charge < -0.3 is 10.4 Å². The Kier molecular flexibility index (Phi) is 5.61. The quantitative estimate of drug-likeness (QED) is 0.808. The van der Waals surface area contributed by atoms with Crippen LogP contribution < -0.4 is 5.32 Å². The predicted octanol–water partition coefficient (Wildman–Crippen LogP) is 0.973. The summed E-state index contributed by atoms with van der Waals surface area (Å²) in [6.45, 7) is 0.297. The molecule has 0 spiro atoms. The first-order valence-corrected chi connectivity index (χ1v) is 5.76. The van der Waals surface area contributed by atoms with Crippen LogP contribution in [0.5, 0.6) is 0 Å². The number of likely N-dealkylation sites (N-methyl/N-ethyl adjacent to an activating group) is 1. The molecule has 0 unspecified atom stereocenters. The molecule has 0 radical (unpaired) electrons. The summed E-state index contributed by atoms with van der Waals surface area (Å²) in [6, 6.07) is 7.15. The minimum Gasteiger partial charge on any atom is -0.480 e. The topological polar surface area (TPSA) is 69.6 Å². The van der Waals surface area contributed by atoms with E-state index in [-0.39, 0.29) is 19.0 Å². The minimum absolute atomic E-state index is 0.0554. The highest BCUT2D eigenvalue weighted by Gasteiger charge is 2.09. The Morgan fingerprint density at radius 3 is 2.44 bits per heavy atom. The number of nitrogens with one attached hydrogen (secondary N) is 1. The number of amides is 1. The standard InChI is InChI=1S/C12H15ClN2O3/c1-15(8-12(17)18)7-11(16)14-6-9-2-4-10(13)5-3-9/h2-5H,6-8H2,1H3,(H,14,16)(H,17,18). The van der Waals surface area contributed by atoms with E-state index in [1.165, 1.54) is 4.90 Å². The minimum atomic E-state index is -0.956. The number of halogens is 1. The first-order valence-electron chi connectivity index (χ1n) is 5.39. The molecule has 5 nitrogen and oxygen atoms in total. The van der Waals surface area contributed by atoms with Crippen molar-refractivity contribution in [3.05, 3.63) is 34.9 Å². The smallest absolute Gasteiger partial charge is 0.317 e. The van der Waals surface area contributed by atoms with Crippen LogP contribution in [0.3, 0.4) is 0 Å². The van der Waals surface area contributed by atoms with Gasteiger partial charge in [0.15, 0.2) is 0 Å². The van der Waals surface area contributed by atoms with Gasteiger partial charge in [-0.15, -0.1) is 0 Å². The van der Waals surface area contributed by atoms with E-state index in [9.17, 15) is 9.59 Å². The molecule has 0 aliphatic heterocycles. The fourth-order valence-corrected chi connectivity index (χ4v) is 1.52. The average molecular weight is 271 g/mol. The highest BCUT2D eigenvalue weighted by atomic mass is 35.5. The number of aliphatic carboxylic acids is 1. The van der Waals surface area contributed by atoms with E-state index in [0.717, 1.165) is 5.56 Å². The molecule has 1 amide bonds. The van der Waals surface area contributed by atoms with Gasteiger partial charge in [-0.25, -0.2) is 0 Å². The second-order valence-corrected chi connectivity index (χ2v) is 4.41. The number of carboxylic acid groups (broad SMARTS) is 1. The van der Waals surface area contributed by atoms with E-state index in [4.69, 9.17) is 16.7 Å². The Morgan fingerprint density at radius 2 is 1.89 bits per heavy atom. The Hall–Kier alpha value is -1.59. The number of hydrogen-bond donors (Lipinski definition) is 2. The van der Waals surface area contributed by atoms with E-state index in [2.05, 4.69) is 5.32 Å². The molecule has 1 rings (SSSR count). The SMILES string of the molecule is CN(CC(=O)O)CC(=O)NCc1ccc(Cl)cc1. The van der Waals surface area contributed by atoms with E-state index in [0.29, 0.717) is 11.6 Å². The molecule has 0 aliphatic carbocycles. The Morgan fingerprint density at radius 1 is 1.28 bits per heavy atom. The van der Waals surface area contributed by atoms with Crippen LogP contribution >= 0.6 is 11.6 Å². The van der Waals surface area contributed by atoms with Crippen molar-refractivity contribution in [1.29, 1.82) is 0 Å². The molecule has 0 fully saturated rings. The third-order valence-corrected chi connectivity index (χ3v) is 2.47. The molecule has 1 aromatic carbocycles. The van der Waals surface area contributed by atoms with Crippen LogP contribution in [0.2, 0.25) is 5.02 Å². The van der Waals surface area contributed by atoms with Crippen molar-refractivity contribution in [2.24, 2.45) is 0 Å². The monoisotopic (exact) mass is 270 g/mol. The third kappa shape index (κ3) is 5.65. The number of carboxylic acids is 1. The summed E-state index contributed by atoms with van der Waals surface area (Å²) in [7, 11) is 1.58. The van der Waals surface area contributed by atoms with Crippen molar-refractivity contribution in [3.8, 4) is 0 Å². The Bertz CT molecular complexity index is 420. The molecule has 1 aromatic rings. The summed E-state index contributed by atoms with van der Waals surface area (Å²) < 4.78 is 0. The van der Waals surface area contributed by atoms with Crippen LogP contribution in [0.25, 0.3) is 0 Å². The van der Waals surface area contributed by atoms with Crippen molar-refractivity contribution in [2.45, 2.75) is 6.54 Å². The molecule has 0 aromatic heterocycles. The molecular weight excluding hydrogens is 256 g/mol. The molecule has 98 valence electrons. The highest BCUT2D eigenvalue weighted by Crippen LogP contribution is 2.08. The molecule has 18 heavy (non-hydrogen) atoms. The highest BCUT2D eigenvalue weighted by molar-refractivity contribution is 6.30. The van der Waals surface area contributed by atoms with Crippen molar-refractivity contribution >= 4 is 23.5 Å². The molecule has 0 saturated heterocycles. The van der Waals surface area contributed by atoms with Gasteiger partial charge in [0.25, 0.3) is 0 Å². The van der Waals surface area contributed by atoms with Crippen molar-refractivity contribution < 1.29 is 14.7 Å². The zero-order chi connectivity index (χ0) is 13.5. The number of nitrogens with zero attached hydrogens (tertiary/aromatic N) is 1. The lowest BCUT2D eigenvalue weighted by atomic mass is 10.2. The van der Waals surface area contributed by atoms with Crippen LogP contribution in [0.1, 0.15) is 5.56 Å². The summed E-state index contributed by atoms with van der Waals surface area (Å²) in [4.78, 5) is 23.4. The van der Waals surface area contributed by atoms with Crippen LogP contribution in [0.4, 0.5) is 0 Å². The summed E-state index contributed by atoms with van der Waals surface area (Å²) in [5.41, 5.74) is 0.939. The fourth-order valence-electron chi connectivity index (χ4n) is 1.39.